The van der Waals surface area contributed by atoms with Crippen molar-refractivity contribution in [3.63, 3.8) is 0 Å². The summed E-state index contributed by atoms with van der Waals surface area (Å²) in [7, 11) is -4.10. The molecule has 3 fully saturated rings. The van der Waals surface area contributed by atoms with E-state index in [1.165, 1.54) is 16.2 Å². The molecule has 66 heavy (non-hydrogen) atoms. The van der Waals surface area contributed by atoms with Crippen molar-refractivity contribution >= 4 is 45.2 Å². The molecule has 4 aliphatic rings. The van der Waals surface area contributed by atoms with Crippen LogP contribution >= 0.6 is 11.3 Å². The van der Waals surface area contributed by atoms with Gasteiger partial charge in [-0.1, -0.05) is 26.0 Å². The molecule has 3 N–H and O–H groups in total. The van der Waals surface area contributed by atoms with Crippen LogP contribution in [0.1, 0.15) is 93.4 Å². The number of hydrogen-bond donors (Lipinski definition) is 3. The maximum Gasteiger partial charge on any atom is 0.427 e. The lowest BCUT2D eigenvalue weighted by molar-refractivity contribution is -0.244. The summed E-state index contributed by atoms with van der Waals surface area (Å²) in [5.74, 6) is -2.75. The molecule has 7 rings (SSSR count). The molecule has 0 radical (unpaired) electrons. The molecular formula is C46H57F3N6O9S2. The van der Waals surface area contributed by atoms with Gasteiger partial charge in [0, 0.05) is 35.4 Å². The van der Waals surface area contributed by atoms with Crippen LogP contribution in [-0.2, 0) is 29.1 Å². The summed E-state index contributed by atoms with van der Waals surface area (Å²) in [6, 6.07) is 7.93. The fourth-order valence-electron chi connectivity index (χ4n) is 8.40. The van der Waals surface area contributed by atoms with Crippen LogP contribution in [0, 0.1) is 17.8 Å². The molecule has 7 atom stereocenters. The van der Waals surface area contributed by atoms with Crippen molar-refractivity contribution in [3.8, 4) is 34.1 Å². The summed E-state index contributed by atoms with van der Waals surface area (Å²) >= 11 is 1.37. The first kappa shape index (κ1) is 48.7. The van der Waals surface area contributed by atoms with E-state index in [1.807, 2.05) is 56.5 Å². The van der Waals surface area contributed by atoms with Crippen molar-refractivity contribution < 1.29 is 55.0 Å². The summed E-state index contributed by atoms with van der Waals surface area (Å²) in [5, 5.41) is 7.06. The van der Waals surface area contributed by atoms with Gasteiger partial charge in [0.05, 0.1) is 40.0 Å². The Morgan fingerprint density at radius 3 is 2.35 bits per heavy atom. The normalized spacial score (nSPS) is 27.3. The fourth-order valence-corrected chi connectivity index (χ4v) is 10.3. The summed E-state index contributed by atoms with van der Waals surface area (Å²) in [6.45, 7) is 10.2. The number of thiazole rings is 1. The number of allylic oxidation sites excluding steroid dienone is 1. The Kier molecular flexibility index (Phi) is 13.6. The quantitative estimate of drug-likeness (QED) is 0.163. The number of alkyl halides is 3. The van der Waals surface area contributed by atoms with E-state index in [2.05, 4.69) is 20.3 Å². The first-order chi connectivity index (χ1) is 30.9. The first-order valence-corrected chi connectivity index (χ1v) is 24.6. The van der Waals surface area contributed by atoms with Crippen molar-refractivity contribution in [1.29, 1.82) is 0 Å². The number of ether oxygens (including phenoxy) is 3. The number of carbonyl (C=O) groups excluding carboxylic acids is 4. The molecule has 2 aliphatic carbocycles. The van der Waals surface area contributed by atoms with Crippen LogP contribution in [0.5, 0.6) is 11.5 Å². The molecule has 1 aromatic carbocycles. The third kappa shape index (κ3) is 10.6. The van der Waals surface area contributed by atoms with Crippen LogP contribution in [0.15, 0.2) is 59.4 Å². The van der Waals surface area contributed by atoms with Gasteiger partial charge in [0.15, 0.2) is 0 Å². The van der Waals surface area contributed by atoms with E-state index in [1.54, 1.807) is 37.6 Å². The van der Waals surface area contributed by atoms with Crippen molar-refractivity contribution in [2.45, 2.75) is 140 Å². The van der Waals surface area contributed by atoms with Gasteiger partial charge in [0.1, 0.15) is 35.2 Å². The topological polar surface area (TPSA) is 195 Å². The average Bonchev–Trinajstić information content (AvgIpc) is 3.98. The molecule has 2 saturated carbocycles. The number of hydrogen-bond acceptors (Lipinski definition) is 12. The van der Waals surface area contributed by atoms with Crippen molar-refractivity contribution in [2.24, 2.45) is 17.8 Å². The summed E-state index contributed by atoms with van der Waals surface area (Å²) in [5.41, 5.74) is -0.590. The minimum Gasteiger partial charge on any atom is -0.491 e. The van der Waals surface area contributed by atoms with E-state index >= 15 is 0 Å². The van der Waals surface area contributed by atoms with Gasteiger partial charge in [0.25, 0.3) is 5.91 Å². The minimum atomic E-state index is -4.93. The maximum absolute atomic E-state index is 15.0. The molecule has 20 heteroatoms. The Bertz CT molecular complexity index is 2440. The summed E-state index contributed by atoms with van der Waals surface area (Å²) in [4.78, 5) is 67.5. The van der Waals surface area contributed by atoms with Gasteiger partial charge in [-0.25, -0.2) is 23.2 Å². The predicted molar refractivity (Wildman–Crippen MR) is 240 cm³/mol. The van der Waals surface area contributed by atoms with Crippen molar-refractivity contribution in [1.82, 2.24) is 30.2 Å². The third-order valence-corrected chi connectivity index (χ3v) is 15.6. The summed E-state index contributed by atoms with van der Waals surface area (Å²) in [6.07, 6.45) is -1.47. The highest BCUT2D eigenvalue weighted by molar-refractivity contribution is 7.91. The molecule has 0 bridgehead atoms. The highest BCUT2D eigenvalue weighted by Gasteiger charge is 2.63. The third-order valence-electron chi connectivity index (χ3n) is 12.9. The van der Waals surface area contributed by atoms with Crippen LogP contribution < -0.4 is 24.8 Å². The molecule has 0 spiro atoms. The SMILES string of the molecule is CC(C)Oc1ccc(-c2cc(O[C@@H]3C[C@H]4C(=O)N[C@]5(C(=O)NS(=O)(=O)C6(C)CC6)C[C@H]5/C=C\CC[C@@H](C)C[C@@H](C)[C@H](NC(=O)OC(C)(C)C(F)(F)F)C(=O)N4C3)cc(-c3cscn3)n2)cc1. The second-order valence-corrected chi connectivity index (χ2v) is 22.0. The Morgan fingerprint density at radius 2 is 1.71 bits per heavy atom. The van der Waals surface area contributed by atoms with Gasteiger partial charge in [-0.3, -0.25) is 19.1 Å². The van der Waals surface area contributed by atoms with Crippen LogP contribution in [0.2, 0.25) is 0 Å². The monoisotopic (exact) mass is 958 g/mol. The number of pyridine rings is 1. The second-order valence-electron chi connectivity index (χ2n) is 19.1. The van der Waals surface area contributed by atoms with E-state index in [0.29, 0.717) is 74.5 Å². The molecule has 4 amide bonds. The standard InChI is InChI=1S/C46H57F3N6O9S2/c1-26(2)62-31-14-12-29(13-15-31)34-19-32(20-35(51-34)36-24-65-25-50-36)63-33-21-37-39(56)53-45(41(58)54-66(60,61)44(7)16-17-44)22-30(45)11-9-8-10-27(3)18-28(4)38(40(57)55(37)23-33)52-42(59)64-43(5,6)46(47,48)49/h9,11-15,19-20,24-28,30,33,37-38H,8,10,16-18,21-23H2,1-7H3,(H,52,59)(H,53,56)(H,54,58)/b11-9-/t27-,28-,30-,33-,37+,38+,45-/m1/s1. The Morgan fingerprint density at radius 1 is 1.02 bits per heavy atom. The minimum absolute atomic E-state index is 0.0398. The van der Waals surface area contributed by atoms with Gasteiger partial charge in [-0.2, -0.15) is 13.2 Å². The number of nitrogens with zero attached hydrogens (tertiary/aromatic N) is 3. The fraction of sp³-hybridized carbons (Fsp3) is 0.565. The van der Waals surface area contributed by atoms with Gasteiger partial charge in [-0.15, -0.1) is 11.3 Å². The lowest BCUT2D eigenvalue weighted by Crippen LogP contribution is -2.59. The summed E-state index contributed by atoms with van der Waals surface area (Å²) < 4.78 is 86.6. The zero-order chi connectivity index (χ0) is 48.0. The molecule has 358 valence electrons. The molecule has 3 aromatic rings. The Hall–Kier alpha value is -5.24. The van der Waals surface area contributed by atoms with Crippen LogP contribution in [0.3, 0.4) is 0 Å². The molecular weight excluding hydrogens is 902 g/mol. The first-order valence-electron chi connectivity index (χ1n) is 22.2. The average molecular weight is 959 g/mol. The van der Waals surface area contributed by atoms with E-state index in [0.717, 1.165) is 5.56 Å². The number of rotatable bonds is 11. The number of halogens is 3. The van der Waals surface area contributed by atoms with Gasteiger partial charge >= 0.3 is 12.3 Å². The van der Waals surface area contributed by atoms with Crippen molar-refractivity contribution in [2.75, 3.05) is 6.54 Å². The number of carbonyl (C=O) groups is 4. The largest absolute Gasteiger partial charge is 0.491 e. The van der Waals surface area contributed by atoms with E-state index in [9.17, 15) is 40.8 Å². The number of nitrogens with one attached hydrogen (secondary N) is 3. The van der Waals surface area contributed by atoms with Crippen LogP contribution in [-0.4, -0.2) is 100 Å². The molecule has 15 nitrogen and oxygen atoms in total. The number of benzene rings is 1. The van der Waals surface area contributed by atoms with Crippen LogP contribution in [0.25, 0.3) is 22.6 Å². The van der Waals surface area contributed by atoms with Crippen LogP contribution in [0.4, 0.5) is 18.0 Å². The number of sulfonamides is 1. The van der Waals surface area contributed by atoms with Gasteiger partial charge in [-0.05, 0) is 109 Å². The molecule has 2 aromatic heterocycles. The zero-order valence-electron chi connectivity index (χ0n) is 37.9. The second kappa shape index (κ2) is 18.4. The predicted octanol–water partition coefficient (Wildman–Crippen LogP) is 7.33. The number of fused-ring (bicyclic) bond motifs is 2. The lowest BCUT2D eigenvalue weighted by Gasteiger charge is -2.34. The molecule has 0 unspecified atom stereocenters. The van der Waals surface area contributed by atoms with Gasteiger partial charge in [0.2, 0.25) is 27.4 Å². The number of amides is 4. The van der Waals surface area contributed by atoms with Crippen molar-refractivity contribution in [3.05, 3.63) is 59.4 Å². The zero-order valence-corrected chi connectivity index (χ0v) is 39.6. The smallest absolute Gasteiger partial charge is 0.427 e. The highest BCUT2D eigenvalue weighted by atomic mass is 32.2. The van der Waals surface area contributed by atoms with E-state index < -0.39 is 85.9 Å². The van der Waals surface area contributed by atoms with Gasteiger partial charge < -0.3 is 29.7 Å². The lowest BCUT2D eigenvalue weighted by atomic mass is 9.88. The molecule has 1 saturated heterocycles. The van der Waals surface area contributed by atoms with E-state index in [-0.39, 0.29) is 31.4 Å². The maximum atomic E-state index is 15.0. The highest BCUT2D eigenvalue weighted by Crippen LogP contribution is 2.48. The van der Waals surface area contributed by atoms with E-state index in [4.69, 9.17) is 19.2 Å². The molecule has 2 aliphatic heterocycles. The Labute approximate surface area is 386 Å². The number of alkyl carbamates (subject to hydrolysis) is 1. The molecule has 4 heterocycles. The number of aromatic nitrogens is 2. The Balaban J connectivity index is 1.24.